The molecule has 0 aliphatic heterocycles. The summed E-state index contributed by atoms with van der Waals surface area (Å²) in [5.41, 5.74) is 0. The SMILES string of the molecule is CC(CCN(C)C)NC(=O)C(NS(=O)(=O)c1ccc2ccccc2c1)C(C)C. The molecule has 0 heterocycles. The maximum atomic E-state index is 12.9. The number of fused-ring (bicyclic) bond motifs is 1. The Balaban J connectivity index is 2.15. The summed E-state index contributed by atoms with van der Waals surface area (Å²) in [5.74, 6) is -0.484. The normalized spacial score (nSPS) is 14.4. The molecular weight excluding hydrogens is 374 g/mol. The molecule has 0 radical (unpaired) electrons. The van der Waals surface area contributed by atoms with E-state index in [4.69, 9.17) is 0 Å². The van der Waals surface area contributed by atoms with Crippen LogP contribution in [0.1, 0.15) is 27.2 Å². The molecule has 2 unspecified atom stereocenters. The van der Waals surface area contributed by atoms with Crippen molar-refractivity contribution in [1.82, 2.24) is 14.9 Å². The zero-order valence-electron chi connectivity index (χ0n) is 17.3. The Morgan fingerprint density at radius 3 is 2.29 bits per heavy atom. The molecule has 0 aromatic heterocycles. The monoisotopic (exact) mass is 405 g/mol. The molecule has 2 aromatic carbocycles. The van der Waals surface area contributed by atoms with Crippen molar-refractivity contribution in [1.29, 1.82) is 0 Å². The fourth-order valence-corrected chi connectivity index (χ4v) is 4.30. The van der Waals surface area contributed by atoms with Gasteiger partial charge in [-0.25, -0.2) is 8.42 Å². The van der Waals surface area contributed by atoms with Gasteiger partial charge < -0.3 is 10.2 Å². The molecule has 0 saturated heterocycles. The lowest BCUT2D eigenvalue weighted by Gasteiger charge is -2.24. The number of carbonyl (C=O) groups is 1. The van der Waals surface area contributed by atoms with Crippen LogP contribution in [0.4, 0.5) is 0 Å². The highest BCUT2D eigenvalue weighted by molar-refractivity contribution is 7.89. The number of benzene rings is 2. The number of rotatable bonds is 9. The van der Waals surface area contributed by atoms with Gasteiger partial charge in [0.05, 0.1) is 4.90 Å². The number of nitrogens with zero attached hydrogens (tertiary/aromatic N) is 1. The van der Waals surface area contributed by atoms with Crippen LogP contribution < -0.4 is 10.0 Å². The van der Waals surface area contributed by atoms with Gasteiger partial charge in [0, 0.05) is 6.04 Å². The van der Waals surface area contributed by atoms with Crippen LogP contribution in [-0.4, -0.2) is 51.9 Å². The smallest absolute Gasteiger partial charge is 0.241 e. The lowest BCUT2D eigenvalue weighted by molar-refractivity contribution is -0.124. The van der Waals surface area contributed by atoms with Crippen LogP contribution in [0.3, 0.4) is 0 Å². The van der Waals surface area contributed by atoms with E-state index in [1.54, 1.807) is 18.2 Å². The van der Waals surface area contributed by atoms with Crippen LogP contribution in [0.5, 0.6) is 0 Å². The number of carbonyl (C=O) groups excluding carboxylic acids is 1. The molecule has 6 nitrogen and oxygen atoms in total. The van der Waals surface area contributed by atoms with Crippen molar-refractivity contribution >= 4 is 26.7 Å². The molecule has 2 N–H and O–H groups in total. The molecule has 0 fully saturated rings. The molecule has 0 bridgehead atoms. The maximum absolute atomic E-state index is 12.9. The van der Waals surface area contributed by atoms with E-state index in [-0.39, 0.29) is 22.8 Å². The minimum Gasteiger partial charge on any atom is -0.352 e. The first-order chi connectivity index (χ1) is 13.1. The second-order valence-electron chi connectivity index (χ2n) is 7.85. The fourth-order valence-electron chi connectivity index (χ4n) is 2.92. The van der Waals surface area contributed by atoms with Crippen molar-refractivity contribution in [3.63, 3.8) is 0 Å². The van der Waals surface area contributed by atoms with Gasteiger partial charge >= 0.3 is 0 Å². The van der Waals surface area contributed by atoms with Crippen molar-refractivity contribution in [2.45, 2.75) is 44.2 Å². The highest BCUT2D eigenvalue weighted by Crippen LogP contribution is 2.19. The zero-order valence-corrected chi connectivity index (χ0v) is 18.1. The highest BCUT2D eigenvalue weighted by atomic mass is 32.2. The predicted octanol–water partition coefficient (Wildman–Crippen LogP) is 2.60. The minimum absolute atomic E-state index is 0.0404. The van der Waals surface area contributed by atoms with Gasteiger partial charge in [-0.15, -0.1) is 0 Å². The molecule has 28 heavy (non-hydrogen) atoms. The summed E-state index contributed by atoms with van der Waals surface area (Å²) in [6.45, 7) is 6.43. The first kappa shape index (κ1) is 22.3. The van der Waals surface area contributed by atoms with E-state index in [2.05, 4.69) is 10.0 Å². The van der Waals surface area contributed by atoms with Crippen LogP contribution in [-0.2, 0) is 14.8 Å². The summed E-state index contributed by atoms with van der Waals surface area (Å²) >= 11 is 0. The Morgan fingerprint density at radius 1 is 1.04 bits per heavy atom. The molecule has 0 spiro atoms. The third-order valence-corrected chi connectivity index (χ3v) is 6.10. The zero-order chi connectivity index (χ0) is 20.9. The maximum Gasteiger partial charge on any atom is 0.241 e. The summed E-state index contributed by atoms with van der Waals surface area (Å²) in [6.07, 6.45) is 0.793. The largest absolute Gasteiger partial charge is 0.352 e. The van der Waals surface area contributed by atoms with Crippen LogP contribution in [0.15, 0.2) is 47.4 Å². The lowest BCUT2D eigenvalue weighted by Crippen LogP contribution is -2.51. The second-order valence-corrected chi connectivity index (χ2v) is 9.57. The van der Waals surface area contributed by atoms with Crippen molar-refractivity contribution in [3.8, 4) is 0 Å². The molecule has 2 atom stereocenters. The van der Waals surface area contributed by atoms with Gasteiger partial charge in [-0.05, 0) is 62.8 Å². The van der Waals surface area contributed by atoms with E-state index >= 15 is 0 Å². The molecule has 2 rings (SSSR count). The van der Waals surface area contributed by atoms with Crippen molar-refractivity contribution in [3.05, 3.63) is 42.5 Å². The quantitative estimate of drug-likeness (QED) is 0.672. The van der Waals surface area contributed by atoms with Gasteiger partial charge in [-0.2, -0.15) is 4.72 Å². The topological polar surface area (TPSA) is 78.5 Å². The van der Waals surface area contributed by atoms with Crippen LogP contribution in [0.25, 0.3) is 10.8 Å². The van der Waals surface area contributed by atoms with Crippen LogP contribution in [0, 0.1) is 5.92 Å². The third kappa shape index (κ3) is 6.02. The highest BCUT2D eigenvalue weighted by Gasteiger charge is 2.29. The molecule has 0 aliphatic carbocycles. The van der Waals surface area contributed by atoms with Gasteiger partial charge in [0.1, 0.15) is 6.04 Å². The van der Waals surface area contributed by atoms with Crippen molar-refractivity contribution < 1.29 is 13.2 Å². The Morgan fingerprint density at radius 2 is 1.68 bits per heavy atom. The molecule has 2 aromatic rings. The average Bonchev–Trinajstić information content (AvgIpc) is 2.63. The number of hydrogen-bond donors (Lipinski definition) is 2. The van der Waals surface area contributed by atoms with E-state index in [1.165, 1.54) is 0 Å². The van der Waals surface area contributed by atoms with E-state index in [1.807, 2.05) is 64.0 Å². The van der Waals surface area contributed by atoms with Crippen molar-refractivity contribution in [2.24, 2.45) is 5.92 Å². The standard InChI is InChI=1S/C21H31N3O3S/c1-15(2)20(21(25)22-16(3)12-13-24(4)5)23-28(26,27)19-11-10-17-8-6-7-9-18(17)14-19/h6-11,14-16,20,23H,12-13H2,1-5H3,(H,22,25). The van der Waals surface area contributed by atoms with E-state index < -0.39 is 16.1 Å². The summed E-state index contributed by atoms with van der Waals surface area (Å²) in [7, 11) is 0.129. The van der Waals surface area contributed by atoms with Gasteiger partial charge in [0.15, 0.2) is 0 Å². The molecule has 154 valence electrons. The first-order valence-corrected chi connectivity index (χ1v) is 11.0. The van der Waals surface area contributed by atoms with E-state index in [0.29, 0.717) is 0 Å². The van der Waals surface area contributed by atoms with Gasteiger partial charge in [0.2, 0.25) is 15.9 Å². The molecule has 0 aliphatic rings. The average molecular weight is 406 g/mol. The van der Waals surface area contributed by atoms with Gasteiger partial charge in [-0.3, -0.25) is 4.79 Å². The first-order valence-electron chi connectivity index (χ1n) is 9.56. The number of hydrogen-bond acceptors (Lipinski definition) is 4. The molecule has 1 amide bonds. The van der Waals surface area contributed by atoms with Gasteiger partial charge in [-0.1, -0.05) is 44.2 Å². The minimum atomic E-state index is -3.82. The van der Waals surface area contributed by atoms with E-state index in [0.717, 1.165) is 23.7 Å². The summed E-state index contributed by atoms with van der Waals surface area (Å²) in [4.78, 5) is 14.9. The Hall–Kier alpha value is -1.96. The number of amides is 1. The molecular formula is C21H31N3O3S. The number of nitrogens with one attached hydrogen (secondary N) is 2. The molecule has 7 heteroatoms. The fraction of sp³-hybridized carbons (Fsp3) is 0.476. The van der Waals surface area contributed by atoms with Crippen molar-refractivity contribution in [2.75, 3.05) is 20.6 Å². The second kappa shape index (κ2) is 9.49. The molecule has 0 saturated carbocycles. The Labute approximate surface area is 168 Å². The van der Waals surface area contributed by atoms with Crippen LogP contribution in [0.2, 0.25) is 0 Å². The Kier molecular flexibility index (Phi) is 7.57. The Bertz CT molecular complexity index is 910. The third-order valence-electron chi connectivity index (χ3n) is 4.66. The van der Waals surface area contributed by atoms with Crippen LogP contribution >= 0.6 is 0 Å². The van der Waals surface area contributed by atoms with E-state index in [9.17, 15) is 13.2 Å². The number of sulfonamides is 1. The summed E-state index contributed by atoms with van der Waals surface area (Å²) < 4.78 is 28.4. The van der Waals surface area contributed by atoms with Gasteiger partial charge in [0.25, 0.3) is 0 Å². The predicted molar refractivity (Wildman–Crippen MR) is 114 cm³/mol. The summed E-state index contributed by atoms with van der Waals surface area (Å²) in [5, 5.41) is 4.74. The lowest BCUT2D eigenvalue weighted by atomic mass is 10.0. The summed E-state index contributed by atoms with van der Waals surface area (Å²) in [6, 6.07) is 11.7.